The molecular weight excluding hydrogens is 246 g/mol. The number of imide groups is 1. The summed E-state index contributed by atoms with van der Waals surface area (Å²) in [4.78, 5) is 22.3. The molecule has 0 fully saturated rings. The van der Waals surface area contributed by atoms with Gasteiger partial charge in [0.05, 0.1) is 18.2 Å². The van der Waals surface area contributed by atoms with Crippen molar-refractivity contribution in [3.63, 3.8) is 0 Å². The van der Waals surface area contributed by atoms with Gasteiger partial charge in [0.1, 0.15) is 0 Å². The van der Waals surface area contributed by atoms with Gasteiger partial charge in [0.2, 0.25) is 5.91 Å². The van der Waals surface area contributed by atoms with Gasteiger partial charge in [-0.1, -0.05) is 30.3 Å². The number of hydrogen-bond acceptors (Lipinski definition) is 4. The molecule has 3 amide bonds. The van der Waals surface area contributed by atoms with Crippen molar-refractivity contribution >= 4 is 11.9 Å². The van der Waals surface area contributed by atoms with Crippen LogP contribution in [0, 0.1) is 0 Å². The fourth-order valence-corrected chi connectivity index (χ4v) is 1.80. The molecule has 0 aliphatic rings. The van der Waals surface area contributed by atoms with E-state index in [9.17, 15) is 14.7 Å². The minimum Gasteiger partial charge on any atom is -0.394 e. The first kappa shape index (κ1) is 15.1. The van der Waals surface area contributed by atoms with Crippen LogP contribution in [-0.4, -0.2) is 29.7 Å². The second-order valence-corrected chi connectivity index (χ2v) is 4.58. The highest BCUT2D eigenvalue weighted by atomic mass is 16.3. The third-order valence-corrected chi connectivity index (χ3v) is 2.90. The average molecular weight is 265 g/mol. The van der Waals surface area contributed by atoms with E-state index >= 15 is 0 Å². The maximum Gasteiger partial charge on any atom is 0.318 e. The van der Waals surface area contributed by atoms with Crippen LogP contribution in [0.15, 0.2) is 30.3 Å². The molecule has 0 saturated heterocycles. The number of aliphatic hydroxyl groups excluding tert-OH is 1. The Morgan fingerprint density at radius 3 is 2.42 bits per heavy atom. The Balaban J connectivity index is 2.82. The molecule has 5 N–H and O–H groups in total. The number of urea groups is 1. The third kappa shape index (κ3) is 4.04. The standard InChI is InChI=1S/C13H19N3O3/c1-9(11(18)15-12(14)19)16-13(2,8-17)10-6-4-3-5-7-10/h3-7,9,16-17H,8H2,1-2H3,(H3,14,15,18,19). The molecule has 0 saturated carbocycles. The lowest BCUT2D eigenvalue weighted by Crippen LogP contribution is -2.54. The number of benzene rings is 1. The third-order valence-electron chi connectivity index (χ3n) is 2.90. The normalized spacial score (nSPS) is 15.3. The highest BCUT2D eigenvalue weighted by molar-refractivity contribution is 5.96. The summed E-state index contributed by atoms with van der Waals surface area (Å²) in [7, 11) is 0. The molecule has 2 unspecified atom stereocenters. The number of nitrogens with one attached hydrogen (secondary N) is 2. The van der Waals surface area contributed by atoms with Crippen LogP contribution in [0.25, 0.3) is 0 Å². The second kappa shape index (κ2) is 6.31. The van der Waals surface area contributed by atoms with E-state index in [0.29, 0.717) is 0 Å². The van der Waals surface area contributed by atoms with Crippen LogP contribution in [0.5, 0.6) is 0 Å². The fourth-order valence-electron chi connectivity index (χ4n) is 1.80. The summed E-state index contributed by atoms with van der Waals surface area (Å²) in [5, 5.41) is 14.6. The highest BCUT2D eigenvalue weighted by Crippen LogP contribution is 2.20. The van der Waals surface area contributed by atoms with Crippen molar-refractivity contribution in [1.82, 2.24) is 10.6 Å². The van der Waals surface area contributed by atoms with E-state index in [1.165, 1.54) is 0 Å². The first-order valence-electron chi connectivity index (χ1n) is 5.93. The summed E-state index contributed by atoms with van der Waals surface area (Å²) in [5.74, 6) is -0.539. The number of rotatable bonds is 5. The maximum absolute atomic E-state index is 11.6. The minimum atomic E-state index is -0.899. The van der Waals surface area contributed by atoms with Crippen molar-refractivity contribution in [2.45, 2.75) is 25.4 Å². The number of primary amides is 1. The summed E-state index contributed by atoms with van der Waals surface area (Å²) in [6.07, 6.45) is 0. The smallest absolute Gasteiger partial charge is 0.318 e. The van der Waals surface area contributed by atoms with E-state index in [0.717, 1.165) is 5.56 Å². The zero-order valence-corrected chi connectivity index (χ0v) is 11.0. The lowest BCUT2D eigenvalue weighted by atomic mass is 9.92. The number of nitrogens with two attached hydrogens (primary N) is 1. The number of hydrogen-bond donors (Lipinski definition) is 4. The topological polar surface area (TPSA) is 104 Å². The Kier molecular flexibility index (Phi) is 5.02. The molecule has 0 aliphatic carbocycles. The van der Waals surface area contributed by atoms with Gasteiger partial charge in [-0.15, -0.1) is 0 Å². The first-order chi connectivity index (χ1) is 8.89. The Morgan fingerprint density at radius 1 is 1.37 bits per heavy atom. The minimum absolute atomic E-state index is 0.189. The maximum atomic E-state index is 11.6. The van der Waals surface area contributed by atoms with Gasteiger partial charge in [-0.3, -0.25) is 15.4 Å². The highest BCUT2D eigenvalue weighted by Gasteiger charge is 2.29. The van der Waals surface area contributed by atoms with Gasteiger partial charge in [0, 0.05) is 0 Å². The number of carbonyl (C=O) groups is 2. The van der Waals surface area contributed by atoms with Crippen molar-refractivity contribution in [3.05, 3.63) is 35.9 Å². The molecule has 1 rings (SSSR count). The largest absolute Gasteiger partial charge is 0.394 e. The summed E-state index contributed by atoms with van der Waals surface area (Å²) in [6, 6.07) is 7.68. The van der Waals surface area contributed by atoms with Crippen molar-refractivity contribution < 1.29 is 14.7 Å². The monoisotopic (exact) mass is 265 g/mol. The van der Waals surface area contributed by atoms with Gasteiger partial charge in [0.25, 0.3) is 0 Å². The molecular formula is C13H19N3O3. The zero-order chi connectivity index (χ0) is 14.5. The molecule has 1 aromatic rings. The van der Waals surface area contributed by atoms with Crippen molar-refractivity contribution in [3.8, 4) is 0 Å². The predicted octanol–water partition coefficient (Wildman–Crippen LogP) is 0.0671. The Hall–Kier alpha value is -1.92. The van der Waals surface area contributed by atoms with E-state index in [1.54, 1.807) is 13.8 Å². The molecule has 0 aromatic heterocycles. The van der Waals surface area contributed by atoms with Crippen LogP contribution in [-0.2, 0) is 10.3 Å². The van der Waals surface area contributed by atoms with E-state index in [4.69, 9.17) is 5.73 Å². The molecule has 6 nitrogen and oxygen atoms in total. The van der Waals surface area contributed by atoms with E-state index in [-0.39, 0.29) is 6.61 Å². The van der Waals surface area contributed by atoms with Gasteiger partial charge >= 0.3 is 6.03 Å². The van der Waals surface area contributed by atoms with Crippen LogP contribution >= 0.6 is 0 Å². The molecule has 104 valence electrons. The SMILES string of the molecule is CC(NC(C)(CO)c1ccccc1)C(=O)NC(N)=O. The number of aliphatic hydroxyl groups is 1. The van der Waals surface area contributed by atoms with Crippen molar-refractivity contribution in [1.29, 1.82) is 0 Å². The first-order valence-corrected chi connectivity index (χ1v) is 5.93. The Bertz CT molecular complexity index is 450. The van der Waals surface area contributed by atoms with E-state index in [1.807, 2.05) is 35.6 Å². The lowest BCUT2D eigenvalue weighted by Gasteiger charge is -2.32. The van der Waals surface area contributed by atoms with E-state index in [2.05, 4.69) is 5.32 Å². The number of amides is 3. The van der Waals surface area contributed by atoms with Crippen LogP contribution < -0.4 is 16.4 Å². The van der Waals surface area contributed by atoms with Gasteiger partial charge in [-0.05, 0) is 19.4 Å². The van der Waals surface area contributed by atoms with Crippen molar-refractivity contribution in [2.75, 3.05) is 6.61 Å². The molecule has 6 heteroatoms. The van der Waals surface area contributed by atoms with Crippen molar-refractivity contribution in [2.24, 2.45) is 5.73 Å². The summed E-state index contributed by atoms with van der Waals surface area (Å²) < 4.78 is 0. The summed E-state index contributed by atoms with van der Waals surface area (Å²) in [5.41, 5.74) is 4.95. The second-order valence-electron chi connectivity index (χ2n) is 4.58. The molecule has 2 atom stereocenters. The van der Waals surface area contributed by atoms with Gasteiger partial charge in [-0.25, -0.2) is 4.79 Å². The number of carbonyl (C=O) groups excluding carboxylic acids is 2. The molecule has 19 heavy (non-hydrogen) atoms. The predicted molar refractivity (Wildman–Crippen MR) is 71.2 cm³/mol. The molecule has 0 heterocycles. The van der Waals surface area contributed by atoms with Gasteiger partial charge < -0.3 is 10.8 Å². The molecule has 0 spiro atoms. The van der Waals surface area contributed by atoms with Crippen LogP contribution in [0.4, 0.5) is 4.79 Å². The molecule has 0 bridgehead atoms. The lowest BCUT2D eigenvalue weighted by molar-refractivity contribution is -0.122. The van der Waals surface area contributed by atoms with Crippen LogP contribution in [0.1, 0.15) is 19.4 Å². The Morgan fingerprint density at radius 2 is 1.95 bits per heavy atom. The van der Waals surface area contributed by atoms with Crippen LogP contribution in [0.3, 0.4) is 0 Å². The summed E-state index contributed by atoms with van der Waals surface area (Å²) in [6.45, 7) is 3.18. The Labute approximate surface area is 112 Å². The van der Waals surface area contributed by atoms with Crippen LogP contribution in [0.2, 0.25) is 0 Å². The molecule has 0 aliphatic heterocycles. The molecule has 0 radical (unpaired) electrons. The quantitative estimate of drug-likeness (QED) is 0.604. The van der Waals surface area contributed by atoms with E-state index < -0.39 is 23.5 Å². The van der Waals surface area contributed by atoms with Gasteiger partial charge in [-0.2, -0.15) is 0 Å². The average Bonchev–Trinajstić information content (AvgIpc) is 2.38. The fraction of sp³-hybridized carbons (Fsp3) is 0.385. The zero-order valence-electron chi connectivity index (χ0n) is 11.0. The summed E-state index contributed by atoms with van der Waals surface area (Å²) >= 11 is 0. The molecule has 1 aromatic carbocycles. The van der Waals surface area contributed by atoms with Gasteiger partial charge in [0.15, 0.2) is 0 Å².